The van der Waals surface area contributed by atoms with Gasteiger partial charge in [0.05, 0.1) is 12.7 Å². The second-order valence-corrected chi connectivity index (χ2v) is 10.8. The molecule has 1 saturated heterocycles. The van der Waals surface area contributed by atoms with E-state index in [0.717, 1.165) is 18.5 Å². The molecule has 9 nitrogen and oxygen atoms in total. The van der Waals surface area contributed by atoms with Crippen LogP contribution in [0.15, 0.2) is 65.8 Å². The summed E-state index contributed by atoms with van der Waals surface area (Å²) in [6.07, 6.45) is 2.55. The number of benzene rings is 1. The summed E-state index contributed by atoms with van der Waals surface area (Å²) in [4.78, 5) is 23.7. The van der Waals surface area contributed by atoms with Crippen molar-refractivity contribution in [2.75, 3.05) is 18.6 Å². The van der Waals surface area contributed by atoms with Crippen molar-refractivity contribution in [1.82, 2.24) is 14.7 Å². The number of nitrogens with zero attached hydrogens (tertiary/aromatic N) is 3. The molecule has 0 spiro atoms. The van der Waals surface area contributed by atoms with Gasteiger partial charge in [-0.05, 0) is 50.5 Å². The lowest BCUT2D eigenvalue weighted by atomic mass is 9.90. The van der Waals surface area contributed by atoms with E-state index < -0.39 is 15.9 Å². The van der Waals surface area contributed by atoms with Crippen molar-refractivity contribution in [2.24, 2.45) is 5.92 Å². The number of anilines is 1. The highest BCUT2D eigenvalue weighted by molar-refractivity contribution is 7.90. The highest BCUT2D eigenvalue weighted by atomic mass is 32.2. The highest BCUT2D eigenvalue weighted by Crippen LogP contribution is 2.38. The first kappa shape index (κ1) is 25.4. The van der Waals surface area contributed by atoms with Crippen LogP contribution < -0.4 is 19.1 Å². The highest BCUT2D eigenvalue weighted by Gasteiger charge is 2.40. The quantitative estimate of drug-likeness (QED) is 0.487. The van der Waals surface area contributed by atoms with Gasteiger partial charge in [0, 0.05) is 29.9 Å². The molecule has 1 fully saturated rings. The molecule has 0 saturated carbocycles. The van der Waals surface area contributed by atoms with Crippen molar-refractivity contribution in [1.29, 1.82) is 0 Å². The number of carbonyl (C=O) groups excluding carboxylic acids is 1. The second kappa shape index (κ2) is 10.1. The summed E-state index contributed by atoms with van der Waals surface area (Å²) in [6.45, 7) is 7.21. The van der Waals surface area contributed by atoms with E-state index in [4.69, 9.17) is 9.47 Å². The molecule has 1 N–H and O–H groups in total. The van der Waals surface area contributed by atoms with E-state index in [2.05, 4.69) is 40.4 Å². The topological polar surface area (TPSA) is 111 Å². The number of nitrogens with one attached hydrogen (secondary N) is 1. The average Bonchev–Trinajstić information content (AvgIpc) is 3.14. The molecule has 10 heteroatoms. The minimum absolute atomic E-state index is 0.103. The lowest BCUT2D eigenvalue weighted by molar-refractivity contribution is 0.0981. The first-order valence-electron chi connectivity index (χ1n) is 11.6. The number of sulfonamides is 1. The Bertz CT molecular complexity index is 1360. The summed E-state index contributed by atoms with van der Waals surface area (Å²) in [7, 11) is -2.71. The number of hydrogen-bond donors (Lipinski definition) is 1. The number of ether oxygens (including phenoxy) is 2. The maximum atomic E-state index is 13.1. The first-order chi connectivity index (χ1) is 17.1. The van der Waals surface area contributed by atoms with Gasteiger partial charge < -0.3 is 14.4 Å². The minimum atomic E-state index is -4.27. The fourth-order valence-electron chi connectivity index (χ4n) is 4.23. The van der Waals surface area contributed by atoms with E-state index in [1.807, 2.05) is 18.2 Å². The summed E-state index contributed by atoms with van der Waals surface area (Å²) < 4.78 is 39.2. The zero-order valence-corrected chi connectivity index (χ0v) is 21.6. The van der Waals surface area contributed by atoms with Gasteiger partial charge >= 0.3 is 0 Å². The predicted molar refractivity (Wildman–Crippen MR) is 136 cm³/mol. The van der Waals surface area contributed by atoms with Crippen LogP contribution >= 0.6 is 0 Å². The number of pyridine rings is 2. The van der Waals surface area contributed by atoms with E-state index in [9.17, 15) is 13.2 Å². The van der Waals surface area contributed by atoms with Crippen molar-refractivity contribution >= 4 is 21.7 Å². The minimum Gasteiger partial charge on any atom is -0.496 e. The number of amides is 1. The van der Waals surface area contributed by atoms with Crippen LogP contribution in [0.4, 0.5) is 5.82 Å². The Balaban J connectivity index is 1.53. The van der Waals surface area contributed by atoms with Crippen LogP contribution in [0.3, 0.4) is 0 Å². The Morgan fingerprint density at radius 2 is 1.92 bits per heavy atom. The fraction of sp³-hybridized carbons (Fsp3) is 0.346. The van der Waals surface area contributed by atoms with Gasteiger partial charge in [-0.2, -0.15) is 13.4 Å². The molecule has 1 aromatic carbocycles. The van der Waals surface area contributed by atoms with Crippen LogP contribution in [0.25, 0.3) is 0 Å². The monoisotopic (exact) mass is 510 g/mol. The maximum Gasteiger partial charge on any atom is 0.281 e. The number of aromatic nitrogens is 2. The summed E-state index contributed by atoms with van der Waals surface area (Å²) >= 11 is 0. The van der Waals surface area contributed by atoms with E-state index in [0.29, 0.717) is 17.5 Å². The molecule has 1 aliphatic rings. The summed E-state index contributed by atoms with van der Waals surface area (Å²) in [6, 6.07) is 14.9. The Labute approximate surface area is 211 Å². The normalized spacial score (nSPS) is 17.0. The van der Waals surface area contributed by atoms with Gasteiger partial charge in [0.1, 0.15) is 18.2 Å². The maximum absolute atomic E-state index is 13.1. The van der Waals surface area contributed by atoms with E-state index in [1.165, 1.54) is 12.1 Å². The molecule has 3 aromatic rings. The van der Waals surface area contributed by atoms with Gasteiger partial charge in [-0.25, -0.2) is 9.71 Å². The van der Waals surface area contributed by atoms with Gasteiger partial charge in [-0.15, -0.1) is 0 Å². The number of methoxy groups -OCH3 is 1. The van der Waals surface area contributed by atoms with Crippen molar-refractivity contribution in [3.8, 4) is 11.6 Å². The van der Waals surface area contributed by atoms with Gasteiger partial charge in [0.2, 0.25) is 5.88 Å². The Hall–Kier alpha value is -3.66. The molecule has 3 heterocycles. The molecule has 0 aliphatic carbocycles. The Morgan fingerprint density at radius 3 is 2.64 bits per heavy atom. The smallest absolute Gasteiger partial charge is 0.281 e. The Morgan fingerprint density at radius 1 is 1.14 bits per heavy atom. The summed E-state index contributed by atoms with van der Waals surface area (Å²) in [5.74, 6) is 0.835. The number of rotatable bonds is 8. The third kappa shape index (κ3) is 5.13. The number of carbonyl (C=O) groups is 1. The van der Waals surface area contributed by atoms with E-state index in [1.54, 1.807) is 37.6 Å². The van der Waals surface area contributed by atoms with Crippen molar-refractivity contribution < 1.29 is 22.7 Å². The second-order valence-electron chi connectivity index (χ2n) is 9.22. The van der Waals surface area contributed by atoms with Gasteiger partial charge in [0.15, 0.2) is 5.03 Å². The average molecular weight is 511 g/mol. The van der Waals surface area contributed by atoms with Gasteiger partial charge in [0.25, 0.3) is 15.9 Å². The molecule has 2 aromatic heterocycles. The molecular formula is C26H30N4O5S. The molecule has 1 atom stereocenters. The van der Waals surface area contributed by atoms with Crippen LogP contribution in [0.1, 0.15) is 43.1 Å². The molecule has 1 amide bonds. The molecular weight excluding hydrogens is 480 g/mol. The molecule has 36 heavy (non-hydrogen) atoms. The lowest BCUT2D eigenvalue weighted by Crippen LogP contribution is -2.43. The molecule has 190 valence electrons. The van der Waals surface area contributed by atoms with Crippen molar-refractivity contribution in [3.05, 3.63) is 71.9 Å². The molecule has 1 unspecified atom stereocenters. The molecule has 0 bridgehead atoms. The first-order valence-corrected chi connectivity index (χ1v) is 13.1. The standard InChI is InChI=1S/C26H30N4O5S/c1-18-14-16-30(26(18,2)3)24-20(10-8-15-27-24)25(31)29-36(32,33)23-13-7-12-22(28-23)35-17-19-9-5-6-11-21(19)34-4/h5-13,15,18H,14,16-17H2,1-4H3,(H,29,31). The SMILES string of the molecule is COc1ccccc1COc1cccc(S(=O)(=O)NC(=O)c2cccnc2N2CCC(C)C2(C)C)n1. The third-order valence-electron chi connectivity index (χ3n) is 6.74. The van der Waals surface area contributed by atoms with Crippen LogP contribution in [0.2, 0.25) is 0 Å². The molecule has 0 radical (unpaired) electrons. The Kier molecular flexibility index (Phi) is 7.16. The number of hydrogen-bond acceptors (Lipinski definition) is 8. The molecule has 4 rings (SSSR count). The zero-order valence-electron chi connectivity index (χ0n) is 20.8. The van der Waals surface area contributed by atoms with Gasteiger partial charge in [-0.1, -0.05) is 31.2 Å². The predicted octanol–water partition coefficient (Wildman–Crippen LogP) is 3.81. The van der Waals surface area contributed by atoms with Crippen LogP contribution in [0.5, 0.6) is 11.6 Å². The fourth-order valence-corrected chi connectivity index (χ4v) is 5.15. The van der Waals surface area contributed by atoms with E-state index in [-0.39, 0.29) is 28.6 Å². The van der Waals surface area contributed by atoms with Crippen LogP contribution in [0, 0.1) is 5.92 Å². The third-order valence-corrected chi connectivity index (χ3v) is 7.97. The van der Waals surface area contributed by atoms with Crippen molar-refractivity contribution in [2.45, 2.75) is 44.4 Å². The summed E-state index contributed by atoms with van der Waals surface area (Å²) in [5, 5.41) is -0.325. The summed E-state index contributed by atoms with van der Waals surface area (Å²) in [5.41, 5.74) is 0.746. The largest absolute Gasteiger partial charge is 0.496 e. The van der Waals surface area contributed by atoms with Crippen molar-refractivity contribution in [3.63, 3.8) is 0 Å². The van der Waals surface area contributed by atoms with Gasteiger partial charge in [-0.3, -0.25) is 4.79 Å². The van der Waals surface area contributed by atoms with Crippen LogP contribution in [-0.2, 0) is 16.6 Å². The number of para-hydroxylation sites is 1. The van der Waals surface area contributed by atoms with Crippen LogP contribution in [-0.4, -0.2) is 43.5 Å². The lowest BCUT2D eigenvalue weighted by Gasteiger charge is -2.36. The van der Waals surface area contributed by atoms with E-state index >= 15 is 0 Å². The molecule has 1 aliphatic heterocycles. The zero-order chi connectivity index (χ0) is 25.9.